The van der Waals surface area contributed by atoms with E-state index in [9.17, 15) is 9.59 Å². The van der Waals surface area contributed by atoms with Crippen LogP contribution in [0.2, 0.25) is 0 Å². The molecule has 0 aliphatic heterocycles. The third-order valence-corrected chi connectivity index (χ3v) is 3.68. The molecule has 0 aromatic heterocycles. The van der Waals surface area contributed by atoms with Crippen LogP contribution in [0.5, 0.6) is 0 Å². The van der Waals surface area contributed by atoms with Crippen molar-refractivity contribution in [1.82, 2.24) is 0 Å². The van der Waals surface area contributed by atoms with Crippen LogP contribution < -0.4 is 0 Å². The van der Waals surface area contributed by atoms with Crippen molar-refractivity contribution in [2.75, 3.05) is 7.11 Å². The average molecular weight is 306 g/mol. The van der Waals surface area contributed by atoms with Gasteiger partial charge in [0.05, 0.1) is 18.9 Å². The van der Waals surface area contributed by atoms with Gasteiger partial charge in [-0.3, -0.25) is 9.59 Å². The standard InChI is InChI=1S/C18H26O4/c1-5-15(17(19)21-4)16(11-13(2)3)18(20)22-12-14-9-7-6-8-10-14/h6-10,13,15-16H,5,11-12H2,1-4H3. The van der Waals surface area contributed by atoms with Gasteiger partial charge in [0, 0.05) is 0 Å². The van der Waals surface area contributed by atoms with Crippen molar-refractivity contribution in [1.29, 1.82) is 0 Å². The highest BCUT2D eigenvalue weighted by Crippen LogP contribution is 2.26. The largest absolute Gasteiger partial charge is 0.469 e. The Morgan fingerprint density at radius 1 is 1.05 bits per heavy atom. The molecule has 0 amide bonds. The molecule has 1 rings (SSSR count). The normalized spacial score (nSPS) is 13.5. The van der Waals surface area contributed by atoms with Crippen molar-refractivity contribution in [3.63, 3.8) is 0 Å². The first-order chi connectivity index (χ1) is 10.5. The molecule has 0 saturated heterocycles. The molecule has 4 nitrogen and oxygen atoms in total. The highest BCUT2D eigenvalue weighted by atomic mass is 16.5. The molecule has 1 aromatic rings. The Balaban J connectivity index is 2.77. The second-order valence-electron chi connectivity index (χ2n) is 5.87. The molecular weight excluding hydrogens is 280 g/mol. The van der Waals surface area contributed by atoms with E-state index in [-0.39, 0.29) is 18.5 Å². The summed E-state index contributed by atoms with van der Waals surface area (Å²) in [5.41, 5.74) is 0.935. The lowest BCUT2D eigenvalue weighted by atomic mass is 9.84. The number of carbonyl (C=O) groups is 2. The molecule has 0 aliphatic carbocycles. The number of esters is 2. The van der Waals surface area contributed by atoms with E-state index < -0.39 is 11.8 Å². The monoisotopic (exact) mass is 306 g/mol. The van der Waals surface area contributed by atoms with Gasteiger partial charge in [-0.05, 0) is 24.3 Å². The van der Waals surface area contributed by atoms with Crippen molar-refractivity contribution in [3.8, 4) is 0 Å². The first-order valence-corrected chi connectivity index (χ1v) is 7.77. The van der Waals surface area contributed by atoms with Crippen LogP contribution in [-0.2, 0) is 25.7 Å². The van der Waals surface area contributed by atoms with Crippen molar-refractivity contribution in [2.24, 2.45) is 17.8 Å². The molecule has 0 heterocycles. The Kier molecular flexibility index (Phi) is 7.64. The second kappa shape index (κ2) is 9.23. The maximum atomic E-state index is 12.4. The molecule has 1 aromatic carbocycles. The number of ether oxygens (including phenoxy) is 2. The predicted molar refractivity (Wildman–Crippen MR) is 85.0 cm³/mol. The Morgan fingerprint density at radius 2 is 1.68 bits per heavy atom. The first kappa shape index (κ1) is 18.2. The van der Waals surface area contributed by atoms with E-state index in [0.29, 0.717) is 18.8 Å². The molecule has 0 N–H and O–H groups in total. The van der Waals surface area contributed by atoms with Crippen LogP contribution in [0.3, 0.4) is 0 Å². The summed E-state index contributed by atoms with van der Waals surface area (Å²) in [5.74, 6) is -1.27. The lowest BCUT2D eigenvalue weighted by Crippen LogP contribution is -2.32. The van der Waals surface area contributed by atoms with Gasteiger partial charge in [-0.2, -0.15) is 0 Å². The fourth-order valence-electron chi connectivity index (χ4n) is 2.54. The Morgan fingerprint density at radius 3 is 2.18 bits per heavy atom. The third-order valence-electron chi connectivity index (χ3n) is 3.68. The number of benzene rings is 1. The summed E-state index contributed by atoms with van der Waals surface area (Å²) in [5, 5.41) is 0. The van der Waals surface area contributed by atoms with Crippen LogP contribution in [0.25, 0.3) is 0 Å². The molecule has 0 bridgehead atoms. The second-order valence-corrected chi connectivity index (χ2v) is 5.87. The number of carbonyl (C=O) groups excluding carboxylic acids is 2. The smallest absolute Gasteiger partial charge is 0.310 e. The van der Waals surface area contributed by atoms with E-state index in [1.54, 1.807) is 0 Å². The highest BCUT2D eigenvalue weighted by molar-refractivity contribution is 5.82. The number of hydrogen-bond donors (Lipinski definition) is 0. The minimum atomic E-state index is -0.457. The third kappa shape index (κ3) is 5.51. The van der Waals surface area contributed by atoms with Crippen LogP contribution in [-0.4, -0.2) is 19.0 Å². The molecular formula is C18H26O4. The summed E-state index contributed by atoms with van der Waals surface area (Å²) in [6.07, 6.45) is 1.17. The van der Waals surface area contributed by atoms with E-state index >= 15 is 0 Å². The van der Waals surface area contributed by atoms with E-state index in [2.05, 4.69) is 0 Å². The van der Waals surface area contributed by atoms with Gasteiger partial charge >= 0.3 is 11.9 Å². The maximum absolute atomic E-state index is 12.4. The van der Waals surface area contributed by atoms with Crippen LogP contribution in [0, 0.1) is 17.8 Å². The van der Waals surface area contributed by atoms with E-state index in [1.165, 1.54) is 7.11 Å². The molecule has 0 fully saturated rings. The van der Waals surface area contributed by atoms with Crippen molar-refractivity contribution < 1.29 is 19.1 Å². The lowest BCUT2D eigenvalue weighted by Gasteiger charge is -2.24. The van der Waals surface area contributed by atoms with Gasteiger partial charge in [-0.1, -0.05) is 51.1 Å². The Labute approximate surface area is 132 Å². The molecule has 122 valence electrons. The zero-order valence-electron chi connectivity index (χ0n) is 13.9. The summed E-state index contributed by atoms with van der Waals surface area (Å²) in [7, 11) is 1.35. The molecule has 0 radical (unpaired) electrons. The first-order valence-electron chi connectivity index (χ1n) is 7.77. The van der Waals surface area contributed by atoms with Gasteiger partial charge in [0.2, 0.25) is 0 Å². The van der Waals surface area contributed by atoms with Gasteiger partial charge < -0.3 is 9.47 Å². The Bertz CT molecular complexity index is 467. The highest BCUT2D eigenvalue weighted by Gasteiger charge is 2.34. The molecule has 2 atom stereocenters. The van der Waals surface area contributed by atoms with Gasteiger partial charge in [0.25, 0.3) is 0 Å². The molecule has 0 spiro atoms. The maximum Gasteiger partial charge on any atom is 0.310 e. The topological polar surface area (TPSA) is 52.6 Å². The molecule has 0 saturated carbocycles. The molecule has 22 heavy (non-hydrogen) atoms. The number of rotatable bonds is 8. The summed E-state index contributed by atoms with van der Waals surface area (Å²) in [6.45, 7) is 6.17. The Hall–Kier alpha value is -1.84. The summed E-state index contributed by atoms with van der Waals surface area (Å²) in [4.78, 5) is 24.4. The average Bonchev–Trinajstić information content (AvgIpc) is 2.52. The van der Waals surface area contributed by atoms with Crippen LogP contribution >= 0.6 is 0 Å². The van der Waals surface area contributed by atoms with Gasteiger partial charge in [-0.15, -0.1) is 0 Å². The summed E-state index contributed by atoms with van der Waals surface area (Å²) in [6, 6.07) is 9.53. The fourth-order valence-corrected chi connectivity index (χ4v) is 2.54. The lowest BCUT2D eigenvalue weighted by molar-refractivity contribution is -0.161. The predicted octanol–water partition coefficient (Wildman–Crippen LogP) is 3.59. The van der Waals surface area contributed by atoms with Crippen LogP contribution in [0.4, 0.5) is 0 Å². The molecule has 0 aliphatic rings. The minimum absolute atomic E-state index is 0.228. The number of hydrogen-bond acceptors (Lipinski definition) is 4. The minimum Gasteiger partial charge on any atom is -0.469 e. The summed E-state index contributed by atoms with van der Waals surface area (Å²) >= 11 is 0. The van der Waals surface area contributed by atoms with Crippen molar-refractivity contribution in [2.45, 2.75) is 40.2 Å². The van der Waals surface area contributed by atoms with Gasteiger partial charge in [0.15, 0.2) is 0 Å². The number of methoxy groups -OCH3 is 1. The molecule has 2 unspecified atom stereocenters. The quantitative estimate of drug-likeness (QED) is 0.689. The van der Waals surface area contributed by atoms with E-state index in [4.69, 9.17) is 9.47 Å². The molecule has 4 heteroatoms. The van der Waals surface area contributed by atoms with Crippen LogP contribution in [0.15, 0.2) is 30.3 Å². The van der Waals surface area contributed by atoms with Crippen molar-refractivity contribution >= 4 is 11.9 Å². The van der Waals surface area contributed by atoms with E-state index in [1.807, 2.05) is 51.1 Å². The van der Waals surface area contributed by atoms with E-state index in [0.717, 1.165) is 5.56 Å². The fraction of sp³-hybridized carbons (Fsp3) is 0.556. The van der Waals surface area contributed by atoms with Gasteiger partial charge in [-0.25, -0.2) is 0 Å². The zero-order valence-corrected chi connectivity index (χ0v) is 13.9. The zero-order chi connectivity index (χ0) is 16.5. The van der Waals surface area contributed by atoms with Gasteiger partial charge in [0.1, 0.15) is 6.61 Å². The summed E-state index contributed by atoms with van der Waals surface area (Å²) < 4.78 is 10.3. The SMILES string of the molecule is CCC(C(=O)OC)C(CC(C)C)C(=O)OCc1ccccc1. The van der Waals surface area contributed by atoms with Crippen LogP contribution in [0.1, 0.15) is 39.2 Å². The van der Waals surface area contributed by atoms with Crippen molar-refractivity contribution in [3.05, 3.63) is 35.9 Å².